The summed E-state index contributed by atoms with van der Waals surface area (Å²) in [7, 11) is 0. The minimum absolute atomic E-state index is 0.0966. The van der Waals surface area contributed by atoms with Crippen molar-refractivity contribution in [2.75, 3.05) is 0 Å². The van der Waals surface area contributed by atoms with Gasteiger partial charge in [0.15, 0.2) is 0 Å². The van der Waals surface area contributed by atoms with Gasteiger partial charge in [0, 0.05) is 18.5 Å². The van der Waals surface area contributed by atoms with Gasteiger partial charge in [-0.2, -0.15) is 0 Å². The van der Waals surface area contributed by atoms with E-state index < -0.39 is 5.97 Å². The normalized spacial score (nSPS) is 12.2. The standard InChI is InChI=1S/C21H26N2O2/c1-3-4-5-7-10-18-15-22-21(23-16-18)25-20(24)14-13-17(2)19-11-8-6-9-12-19/h6,8-9,11-17H,3-5,7,10H2,1-2H3/b14-13+. The molecule has 0 spiro atoms. The van der Waals surface area contributed by atoms with Crippen molar-refractivity contribution >= 4 is 5.97 Å². The topological polar surface area (TPSA) is 52.1 Å². The number of nitrogens with zero attached hydrogens (tertiary/aromatic N) is 2. The number of ether oxygens (including phenoxy) is 1. The Morgan fingerprint density at radius 2 is 1.84 bits per heavy atom. The van der Waals surface area contributed by atoms with Crippen molar-refractivity contribution in [2.24, 2.45) is 0 Å². The molecule has 0 saturated heterocycles. The number of carbonyl (C=O) groups excluding carboxylic acids is 1. The maximum Gasteiger partial charge on any atom is 0.338 e. The predicted octanol–water partition coefficient (Wildman–Crippen LogP) is 4.86. The second kappa shape index (κ2) is 10.4. The fraction of sp³-hybridized carbons (Fsp3) is 0.381. The Kier molecular flexibility index (Phi) is 7.83. The molecule has 0 N–H and O–H groups in total. The van der Waals surface area contributed by atoms with Gasteiger partial charge in [-0.1, -0.05) is 69.5 Å². The molecule has 0 saturated carbocycles. The summed E-state index contributed by atoms with van der Waals surface area (Å²) in [6.07, 6.45) is 12.5. The van der Waals surface area contributed by atoms with Gasteiger partial charge >= 0.3 is 12.0 Å². The molecule has 132 valence electrons. The summed E-state index contributed by atoms with van der Waals surface area (Å²) < 4.78 is 5.15. The van der Waals surface area contributed by atoms with E-state index in [2.05, 4.69) is 16.9 Å². The summed E-state index contributed by atoms with van der Waals surface area (Å²) >= 11 is 0. The smallest absolute Gasteiger partial charge is 0.338 e. The second-order valence-electron chi connectivity index (χ2n) is 6.16. The first-order valence-electron chi connectivity index (χ1n) is 8.95. The van der Waals surface area contributed by atoms with Crippen LogP contribution in [0.4, 0.5) is 0 Å². The molecule has 1 heterocycles. The van der Waals surface area contributed by atoms with Crippen LogP contribution in [0.3, 0.4) is 0 Å². The first-order valence-corrected chi connectivity index (χ1v) is 8.95. The van der Waals surface area contributed by atoms with Gasteiger partial charge in [0.25, 0.3) is 0 Å². The van der Waals surface area contributed by atoms with E-state index in [0.29, 0.717) is 0 Å². The number of unbranched alkanes of at least 4 members (excludes halogenated alkanes) is 3. The third-order valence-corrected chi connectivity index (χ3v) is 4.04. The molecule has 0 fully saturated rings. The largest absolute Gasteiger partial charge is 0.388 e. The molecule has 0 amide bonds. The zero-order valence-corrected chi connectivity index (χ0v) is 15.0. The fourth-order valence-corrected chi connectivity index (χ4v) is 2.50. The zero-order chi connectivity index (χ0) is 17.9. The van der Waals surface area contributed by atoms with Crippen molar-refractivity contribution in [1.29, 1.82) is 0 Å². The van der Waals surface area contributed by atoms with Crippen LogP contribution in [-0.4, -0.2) is 15.9 Å². The maximum atomic E-state index is 11.9. The highest BCUT2D eigenvalue weighted by molar-refractivity contribution is 5.83. The highest BCUT2D eigenvalue weighted by atomic mass is 16.5. The predicted molar refractivity (Wildman–Crippen MR) is 99.5 cm³/mol. The SMILES string of the molecule is CCCCCCc1cnc(OC(=O)/C=C/C(C)c2ccccc2)nc1. The van der Waals surface area contributed by atoms with Gasteiger partial charge < -0.3 is 4.74 Å². The summed E-state index contributed by atoms with van der Waals surface area (Å²) in [5.41, 5.74) is 2.22. The van der Waals surface area contributed by atoms with Crippen LogP contribution in [0.1, 0.15) is 56.6 Å². The first-order chi connectivity index (χ1) is 12.2. The average molecular weight is 338 g/mol. The highest BCUT2D eigenvalue weighted by Gasteiger charge is 2.06. The average Bonchev–Trinajstić information content (AvgIpc) is 2.65. The van der Waals surface area contributed by atoms with Crippen LogP contribution in [0.15, 0.2) is 54.9 Å². The van der Waals surface area contributed by atoms with Gasteiger partial charge in [0.05, 0.1) is 0 Å². The van der Waals surface area contributed by atoms with Crippen molar-refractivity contribution in [2.45, 2.75) is 51.9 Å². The van der Waals surface area contributed by atoms with E-state index in [1.54, 1.807) is 12.4 Å². The number of rotatable bonds is 9. The molecule has 2 rings (SSSR count). The summed E-state index contributed by atoms with van der Waals surface area (Å²) in [4.78, 5) is 20.1. The Bertz CT molecular complexity index is 666. The van der Waals surface area contributed by atoms with Gasteiger partial charge in [-0.15, -0.1) is 0 Å². The summed E-state index contributed by atoms with van der Waals surface area (Å²) in [6, 6.07) is 10.1. The molecule has 1 aromatic heterocycles. The third-order valence-electron chi connectivity index (χ3n) is 4.04. The lowest BCUT2D eigenvalue weighted by Crippen LogP contribution is -2.07. The quantitative estimate of drug-likeness (QED) is 0.372. The number of hydrogen-bond donors (Lipinski definition) is 0. The third kappa shape index (κ3) is 6.87. The lowest BCUT2D eigenvalue weighted by atomic mass is 10.0. The first kappa shape index (κ1) is 18.8. The molecule has 0 radical (unpaired) electrons. The lowest BCUT2D eigenvalue weighted by molar-refractivity contribution is -0.129. The summed E-state index contributed by atoms with van der Waals surface area (Å²) in [5, 5.41) is 0. The Morgan fingerprint density at radius 3 is 2.52 bits per heavy atom. The van der Waals surface area contributed by atoms with Gasteiger partial charge in [0.2, 0.25) is 0 Å². The lowest BCUT2D eigenvalue weighted by Gasteiger charge is -2.05. The van der Waals surface area contributed by atoms with Crippen LogP contribution in [0.5, 0.6) is 6.01 Å². The molecular formula is C21H26N2O2. The molecule has 2 aromatic rings. The number of esters is 1. The molecule has 25 heavy (non-hydrogen) atoms. The molecule has 1 unspecified atom stereocenters. The van der Waals surface area contributed by atoms with Crippen LogP contribution in [-0.2, 0) is 11.2 Å². The van der Waals surface area contributed by atoms with E-state index in [4.69, 9.17) is 4.74 Å². The van der Waals surface area contributed by atoms with E-state index in [-0.39, 0.29) is 11.9 Å². The number of allylic oxidation sites excluding steroid dienone is 1. The molecule has 0 aliphatic heterocycles. The van der Waals surface area contributed by atoms with Gasteiger partial charge in [-0.25, -0.2) is 14.8 Å². The van der Waals surface area contributed by atoms with Crippen LogP contribution in [0, 0.1) is 0 Å². The highest BCUT2D eigenvalue weighted by Crippen LogP contribution is 2.15. The number of hydrogen-bond acceptors (Lipinski definition) is 4. The Hall–Kier alpha value is -2.49. The van der Waals surface area contributed by atoms with Crippen molar-refractivity contribution in [1.82, 2.24) is 9.97 Å². The van der Waals surface area contributed by atoms with Crippen molar-refractivity contribution < 1.29 is 9.53 Å². The van der Waals surface area contributed by atoms with Gasteiger partial charge in [-0.3, -0.25) is 0 Å². The van der Waals surface area contributed by atoms with Crippen LogP contribution >= 0.6 is 0 Å². The maximum absolute atomic E-state index is 11.9. The van der Waals surface area contributed by atoms with Gasteiger partial charge in [-0.05, 0) is 29.9 Å². The molecule has 4 nitrogen and oxygen atoms in total. The molecule has 4 heteroatoms. The summed E-state index contributed by atoms with van der Waals surface area (Å²) in [6.45, 7) is 4.23. The van der Waals surface area contributed by atoms with E-state index in [1.807, 2.05) is 43.3 Å². The number of aryl methyl sites for hydroxylation is 1. The number of carbonyl (C=O) groups is 1. The van der Waals surface area contributed by atoms with Crippen molar-refractivity contribution in [3.05, 3.63) is 66.0 Å². The van der Waals surface area contributed by atoms with E-state index in [0.717, 1.165) is 24.0 Å². The summed E-state index contributed by atoms with van der Waals surface area (Å²) in [5.74, 6) is -0.321. The van der Waals surface area contributed by atoms with Crippen molar-refractivity contribution in [3.63, 3.8) is 0 Å². The van der Waals surface area contributed by atoms with Gasteiger partial charge in [0.1, 0.15) is 0 Å². The van der Waals surface area contributed by atoms with E-state index >= 15 is 0 Å². The molecular weight excluding hydrogens is 312 g/mol. The minimum atomic E-state index is -0.460. The van der Waals surface area contributed by atoms with Crippen LogP contribution < -0.4 is 4.74 Å². The van der Waals surface area contributed by atoms with E-state index in [1.165, 1.54) is 25.3 Å². The monoisotopic (exact) mass is 338 g/mol. The molecule has 1 atom stereocenters. The number of benzene rings is 1. The van der Waals surface area contributed by atoms with Crippen molar-refractivity contribution in [3.8, 4) is 6.01 Å². The Balaban J connectivity index is 1.81. The van der Waals surface area contributed by atoms with Crippen LogP contribution in [0.25, 0.3) is 0 Å². The molecule has 0 aliphatic rings. The van der Waals surface area contributed by atoms with E-state index in [9.17, 15) is 4.79 Å². The molecule has 0 aliphatic carbocycles. The number of aromatic nitrogens is 2. The van der Waals surface area contributed by atoms with Crippen LogP contribution in [0.2, 0.25) is 0 Å². The Labute approximate surface area is 150 Å². The minimum Gasteiger partial charge on any atom is -0.388 e. The second-order valence-corrected chi connectivity index (χ2v) is 6.16. The Morgan fingerprint density at radius 1 is 1.12 bits per heavy atom. The molecule has 0 bridgehead atoms. The fourth-order valence-electron chi connectivity index (χ4n) is 2.50. The zero-order valence-electron chi connectivity index (χ0n) is 15.0. The molecule has 1 aromatic carbocycles.